The maximum absolute atomic E-state index is 12.2. The van der Waals surface area contributed by atoms with Crippen molar-refractivity contribution in [2.45, 2.75) is 11.6 Å². The summed E-state index contributed by atoms with van der Waals surface area (Å²) in [6, 6.07) is 2.53. The molecule has 1 aromatic rings. The topological polar surface area (TPSA) is 91.7 Å². The Kier molecular flexibility index (Phi) is 3.79. The molecule has 100 valence electrons. The highest BCUT2D eigenvalue weighted by Crippen LogP contribution is 2.29. The first-order valence-corrected chi connectivity index (χ1v) is 5.89. The van der Waals surface area contributed by atoms with Crippen LogP contribution >= 0.6 is 0 Å². The molecule has 0 heterocycles. The Morgan fingerprint density at radius 2 is 1.61 bits per heavy atom. The van der Waals surface area contributed by atoms with Crippen LogP contribution in [0.1, 0.15) is 15.9 Å². The second kappa shape index (κ2) is 4.67. The van der Waals surface area contributed by atoms with Crippen LogP contribution in [0, 0.1) is 0 Å². The maximum atomic E-state index is 12.2. The molecule has 2 N–H and O–H groups in total. The van der Waals surface area contributed by atoms with Gasteiger partial charge in [0.2, 0.25) is 11.2 Å². The number of rotatable bonds is 3. The van der Waals surface area contributed by atoms with Gasteiger partial charge in [0.25, 0.3) is 10.1 Å². The van der Waals surface area contributed by atoms with Gasteiger partial charge in [-0.25, -0.2) is 0 Å². The third-order valence-electron chi connectivity index (χ3n) is 2.00. The van der Waals surface area contributed by atoms with Gasteiger partial charge in [-0.3, -0.25) is 9.35 Å². The van der Waals surface area contributed by atoms with E-state index in [-0.39, 0.29) is 0 Å². The molecule has 18 heavy (non-hydrogen) atoms. The number of hydrogen-bond acceptors (Lipinski definition) is 4. The molecule has 0 saturated heterocycles. The zero-order valence-corrected chi connectivity index (χ0v) is 9.36. The highest BCUT2D eigenvalue weighted by Gasteiger charge is 2.32. The molecule has 1 rings (SSSR count). The Bertz CT molecular complexity index is 547. The third-order valence-corrected chi connectivity index (χ3v) is 2.78. The van der Waals surface area contributed by atoms with Crippen LogP contribution < -0.4 is 0 Å². The minimum atomic E-state index is -5.00. The number of carbonyl (C=O) groups is 1. The molecule has 0 fully saturated rings. The average molecular weight is 284 g/mol. The summed E-state index contributed by atoms with van der Waals surface area (Å²) in [4.78, 5) is 11.3. The van der Waals surface area contributed by atoms with E-state index in [4.69, 9.17) is 9.66 Å². The number of Topliss-reactive ketones (excluding diaryl/α,β-unsaturated/α-hetero) is 1. The van der Waals surface area contributed by atoms with Gasteiger partial charge in [-0.15, -0.1) is 0 Å². The van der Waals surface area contributed by atoms with Crippen molar-refractivity contribution in [3.63, 3.8) is 0 Å². The fourth-order valence-electron chi connectivity index (χ4n) is 1.10. The second-order valence-corrected chi connectivity index (χ2v) is 4.78. The summed E-state index contributed by atoms with van der Waals surface area (Å²) >= 11 is 0. The molecule has 0 aromatic heterocycles. The molecule has 0 saturated carbocycles. The van der Waals surface area contributed by atoms with E-state index >= 15 is 0 Å². The lowest BCUT2D eigenvalue weighted by Gasteiger charge is -2.09. The monoisotopic (exact) mass is 284 g/mol. The normalized spacial score (nSPS) is 14.3. The van der Waals surface area contributed by atoms with E-state index < -0.39 is 38.6 Å². The van der Waals surface area contributed by atoms with E-state index in [1.807, 2.05) is 0 Å². The number of hydrogen-bond donors (Lipinski definition) is 2. The Labute approximate surface area is 99.6 Å². The van der Waals surface area contributed by atoms with Gasteiger partial charge in [0.05, 0.1) is 5.56 Å². The van der Waals surface area contributed by atoms with E-state index in [2.05, 4.69) is 0 Å². The Morgan fingerprint density at radius 3 is 1.94 bits per heavy atom. The van der Waals surface area contributed by atoms with E-state index in [0.717, 1.165) is 0 Å². The smallest absolute Gasteiger partial charge is 0.369 e. The van der Waals surface area contributed by atoms with Crippen molar-refractivity contribution in [2.24, 2.45) is 0 Å². The molecule has 9 heteroatoms. The highest BCUT2D eigenvalue weighted by atomic mass is 32.2. The molecule has 0 amide bonds. The number of halogens is 3. The van der Waals surface area contributed by atoms with Gasteiger partial charge < -0.3 is 5.11 Å². The van der Waals surface area contributed by atoms with Crippen LogP contribution in [-0.4, -0.2) is 29.3 Å². The Balaban J connectivity index is 3.04. The fourth-order valence-corrected chi connectivity index (χ4v) is 1.51. The first kappa shape index (κ1) is 14.6. The molecule has 1 unspecified atom stereocenters. The quantitative estimate of drug-likeness (QED) is 0.640. The summed E-state index contributed by atoms with van der Waals surface area (Å²) in [7, 11) is -5.00. The van der Waals surface area contributed by atoms with E-state index in [9.17, 15) is 26.4 Å². The van der Waals surface area contributed by atoms with Crippen molar-refractivity contribution < 1.29 is 36.0 Å². The largest absolute Gasteiger partial charge is 0.416 e. The zero-order valence-electron chi connectivity index (χ0n) is 8.55. The zero-order chi connectivity index (χ0) is 14.1. The van der Waals surface area contributed by atoms with Crippen molar-refractivity contribution in [3.8, 4) is 0 Å². The molecule has 0 aliphatic rings. The van der Waals surface area contributed by atoms with Crippen LogP contribution in [0.3, 0.4) is 0 Å². The molecule has 0 bridgehead atoms. The second-order valence-electron chi connectivity index (χ2n) is 3.31. The fraction of sp³-hybridized carbons (Fsp3) is 0.222. The van der Waals surface area contributed by atoms with Crippen LogP contribution in [0.25, 0.3) is 0 Å². The van der Waals surface area contributed by atoms with Crippen LogP contribution in [0.2, 0.25) is 0 Å². The van der Waals surface area contributed by atoms with Crippen LogP contribution in [0.15, 0.2) is 24.3 Å². The van der Waals surface area contributed by atoms with Gasteiger partial charge >= 0.3 is 6.18 Å². The lowest BCUT2D eigenvalue weighted by Crippen LogP contribution is -2.29. The van der Waals surface area contributed by atoms with Crippen molar-refractivity contribution in [1.82, 2.24) is 0 Å². The standard InChI is InChI=1S/C9H7F3O5S/c10-9(11,12)6-3-1-5(2-4-6)7(13)8(14)18(15,16)17/h1-4,8,14H,(H,15,16,17). The van der Waals surface area contributed by atoms with E-state index in [1.165, 1.54) is 0 Å². The average Bonchev–Trinajstić information content (AvgIpc) is 2.25. The van der Waals surface area contributed by atoms with Crippen molar-refractivity contribution in [2.75, 3.05) is 0 Å². The lowest BCUT2D eigenvalue weighted by atomic mass is 10.1. The van der Waals surface area contributed by atoms with Gasteiger partial charge in [-0.05, 0) is 12.1 Å². The molecular weight excluding hydrogens is 277 g/mol. The summed E-state index contributed by atoms with van der Waals surface area (Å²) in [5, 5.41) is 8.93. The molecule has 0 radical (unpaired) electrons. The lowest BCUT2D eigenvalue weighted by molar-refractivity contribution is -0.137. The molecule has 0 spiro atoms. The Hall–Kier alpha value is -1.45. The summed E-state index contributed by atoms with van der Waals surface area (Å²) in [5.74, 6) is -1.41. The summed E-state index contributed by atoms with van der Waals surface area (Å²) in [6.07, 6.45) is -4.59. The summed E-state index contributed by atoms with van der Waals surface area (Å²) in [5.41, 5.74) is -4.21. The van der Waals surface area contributed by atoms with Gasteiger partial charge in [0.1, 0.15) is 0 Å². The first-order chi connectivity index (χ1) is 8.03. The van der Waals surface area contributed by atoms with Crippen molar-refractivity contribution in [3.05, 3.63) is 35.4 Å². The minimum absolute atomic E-state index is 0.465. The predicted octanol–water partition coefficient (Wildman–Crippen LogP) is 1.09. The van der Waals surface area contributed by atoms with Gasteiger partial charge in [-0.2, -0.15) is 21.6 Å². The summed E-state index contributed by atoms with van der Waals surface area (Å²) in [6.45, 7) is 0. The maximum Gasteiger partial charge on any atom is 0.416 e. The number of carbonyl (C=O) groups excluding carboxylic acids is 1. The number of benzene rings is 1. The molecule has 0 aliphatic carbocycles. The van der Waals surface area contributed by atoms with Crippen LogP contribution in [0.4, 0.5) is 13.2 Å². The molecular formula is C9H7F3O5S. The van der Waals surface area contributed by atoms with Gasteiger partial charge in [-0.1, -0.05) is 12.1 Å². The molecule has 1 atom stereocenters. The first-order valence-electron chi connectivity index (χ1n) is 4.39. The molecule has 5 nitrogen and oxygen atoms in total. The third kappa shape index (κ3) is 3.28. The van der Waals surface area contributed by atoms with Gasteiger partial charge in [0.15, 0.2) is 0 Å². The molecule has 0 aliphatic heterocycles. The van der Waals surface area contributed by atoms with E-state index in [0.29, 0.717) is 24.3 Å². The van der Waals surface area contributed by atoms with Crippen molar-refractivity contribution in [1.29, 1.82) is 0 Å². The van der Waals surface area contributed by atoms with E-state index in [1.54, 1.807) is 0 Å². The molecule has 1 aromatic carbocycles. The van der Waals surface area contributed by atoms with Crippen LogP contribution in [-0.2, 0) is 16.3 Å². The van der Waals surface area contributed by atoms with Crippen LogP contribution in [0.5, 0.6) is 0 Å². The predicted molar refractivity (Wildman–Crippen MR) is 53.3 cm³/mol. The minimum Gasteiger partial charge on any atom is -0.369 e. The van der Waals surface area contributed by atoms with Gasteiger partial charge in [0, 0.05) is 5.56 Å². The highest BCUT2D eigenvalue weighted by molar-refractivity contribution is 7.87. The number of alkyl halides is 3. The number of aliphatic hydroxyl groups is 1. The summed E-state index contributed by atoms with van der Waals surface area (Å²) < 4.78 is 66.0. The van der Waals surface area contributed by atoms with Crippen molar-refractivity contribution >= 4 is 15.9 Å². The Morgan fingerprint density at radius 1 is 1.17 bits per heavy atom. The SMILES string of the molecule is O=C(c1ccc(C(F)(F)F)cc1)C(O)S(=O)(=O)O. The number of aliphatic hydroxyl groups excluding tert-OH is 1. The number of ketones is 1.